The van der Waals surface area contributed by atoms with Crippen molar-refractivity contribution in [1.82, 2.24) is 10.6 Å². The number of carbonyl (C=O) groups excluding carboxylic acids is 1. The van der Waals surface area contributed by atoms with Crippen molar-refractivity contribution in [3.8, 4) is 0 Å². The number of amides is 1. The second kappa shape index (κ2) is 6.27. The molecule has 2 atom stereocenters. The van der Waals surface area contributed by atoms with Gasteiger partial charge in [0.25, 0.3) is 0 Å². The highest BCUT2D eigenvalue weighted by atomic mass is 16.6. The van der Waals surface area contributed by atoms with E-state index in [9.17, 15) is 4.79 Å². The number of hydrogen-bond acceptors (Lipinski definition) is 3. The number of benzene rings is 1. The van der Waals surface area contributed by atoms with Gasteiger partial charge in [-0.1, -0.05) is 30.3 Å². The first-order valence-corrected chi connectivity index (χ1v) is 7.21. The first-order chi connectivity index (χ1) is 9.46. The number of alkyl carbamates (subject to hydrolysis) is 1. The van der Waals surface area contributed by atoms with E-state index in [2.05, 4.69) is 22.8 Å². The molecule has 1 aromatic carbocycles. The lowest BCUT2D eigenvalue weighted by molar-refractivity contribution is 0.0489. The Morgan fingerprint density at radius 1 is 1.30 bits per heavy atom. The van der Waals surface area contributed by atoms with E-state index in [0.717, 1.165) is 19.5 Å². The fourth-order valence-corrected chi connectivity index (χ4v) is 2.57. The molecule has 1 aliphatic rings. The van der Waals surface area contributed by atoms with Crippen LogP contribution in [0.25, 0.3) is 0 Å². The third-order valence-corrected chi connectivity index (χ3v) is 3.41. The van der Waals surface area contributed by atoms with E-state index in [1.807, 2.05) is 39.0 Å². The summed E-state index contributed by atoms with van der Waals surface area (Å²) in [5.41, 5.74) is 0.809. The summed E-state index contributed by atoms with van der Waals surface area (Å²) in [5, 5.41) is 6.33. The van der Waals surface area contributed by atoms with Gasteiger partial charge in [0.05, 0.1) is 6.04 Å². The molecule has 0 aliphatic carbocycles. The van der Waals surface area contributed by atoms with Crippen LogP contribution in [0.1, 0.15) is 38.7 Å². The molecule has 20 heavy (non-hydrogen) atoms. The summed E-state index contributed by atoms with van der Waals surface area (Å²) in [7, 11) is 0. The van der Waals surface area contributed by atoms with E-state index in [1.165, 1.54) is 5.56 Å². The number of ether oxygens (including phenoxy) is 1. The summed E-state index contributed by atoms with van der Waals surface area (Å²) in [6.07, 6.45) is 0.678. The number of piperidine rings is 1. The van der Waals surface area contributed by atoms with Gasteiger partial charge in [0.2, 0.25) is 0 Å². The van der Waals surface area contributed by atoms with E-state index in [-0.39, 0.29) is 12.1 Å². The highest BCUT2D eigenvalue weighted by Gasteiger charge is 2.29. The monoisotopic (exact) mass is 276 g/mol. The Morgan fingerprint density at radius 2 is 2.00 bits per heavy atom. The average Bonchev–Trinajstić information content (AvgIpc) is 2.38. The molecule has 0 bridgehead atoms. The van der Waals surface area contributed by atoms with Crippen LogP contribution in [0.3, 0.4) is 0 Å². The van der Waals surface area contributed by atoms with Crippen LogP contribution >= 0.6 is 0 Å². The topological polar surface area (TPSA) is 50.4 Å². The van der Waals surface area contributed by atoms with Gasteiger partial charge in [-0.3, -0.25) is 0 Å². The highest BCUT2D eigenvalue weighted by molar-refractivity contribution is 5.68. The van der Waals surface area contributed by atoms with Gasteiger partial charge in [-0.25, -0.2) is 4.79 Å². The van der Waals surface area contributed by atoms with Crippen LogP contribution in [0, 0.1) is 0 Å². The summed E-state index contributed by atoms with van der Waals surface area (Å²) in [5.74, 6) is 0.338. The first kappa shape index (κ1) is 14.9. The fourth-order valence-electron chi connectivity index (χ4n) is 2.57. The minimum atomic E-state index is -0.464. The molecule has 0 saturated carbocycles. The van der Waals surface area contributed by atoms with E-state index in [1.54, 1.807) is 0 Å². The van der Waals surface area contributed by atoms with Crippen molar-refractivity contribution < 1.29 is 9.53 Å². The summed E-state index contributed by atoms with van der Waals surface area (Å²) >= 11 is 0. The van der Waals surface area contributed by atoms with Crippen LogP contribution < -0.4 is 10.6 Å². The van der Waals surface area contributed by atoms with E-state index in [0.29, 0.717) is 5.92 Å². The minimum Gasteiger partial charge on any atom is -0.444 e. The molecule has 110 valence electrons. The molecule has 2 rings (SSSR count). The van der Waals surface area contributed by atoms with E-state index >= 15 is 0 Å². The molecule has 1 fully saturated rings. The van der Waals surface area contributed by atoms with E-state index in [4.69, 9.17) is 4.74 Å². The van der Waals surface area contributed by atoms with Gasteiger partial charge in [-0.15, -0.1) is 0 Å². The van der Waals surface area contributed by atoms with Gasteiger partial charge in [0.15, 0.2) is 0 Å². The third-order valence-electron chi connectivity index (χ3n) is 3.41. The van der Waals surface area contributed by atoms with Crippen LogP contribution in [0.5, 0.6) is 0 Å². The van der Waals surface area contributed by atoms with Crippen molar-refractivity contribution in [1.29, 1.82) is 0 Å². The summed E-state index contributed by atoms with van der Waals surface area (Å²) in [6.45, 7) is 7.38. The zero-order valence-corrected chi connectivity index (χ0v) is 12.5. The molecule has 0 aromatic heterocycles. The summed E-state index contributed by atoms with van der Waals surface area (Å²) < 4.78 is 5.35. The largest absolute Gasteiger partial charge is 0.444 e. The maximum Gasteiger partial charge on any atom is 0.407 e. The van der Waals surface area contributed by atoms with Gasteiger partial charge in [-0.05, 0) is 39.3 Å². The molecule has 1 aliphatic heterocycles. The zero-order valence-electron chi connectivity index (χ0n) is 12.5. The van der Waals surface area contributed by atoms with Crippen molar-refractivity contribution >= 4 is 6.09 Å². The average molecular weight is 276 g/mol. The molecule has 0 spiro atoms. The SMILES string of the molecule is CC(C)(C)OC(=O)N[C@@H]1CNCC[C@H]1c1ccccc1. The lowest BCUT2D eigenvalue weighted by Gasteiger charge is -2.33. The Balaban J connectivity index is 2.03. The molecule has 1 aromatic rings. The van der Waals surface area contributed by atoms with Crippen LogP contribution in [0.4, 0.5) is 4.79 Å². The van der Waals surface area contributed by atoms with Crippen LogP contribution in [0.15, 0.2) is 30.3 Å². The highest BCUT2D eigenvalue weighted by Crippen LogP contribution is 2.25. The molecule has 2 N–H and O–H groups in total. The predicted molar refractivity (Wildman–Crippen MR) is 79.8 cm³/mol. The molecule has 0 radical (unpaired) electrons. The molecular formula is C16H24N2O2. The predicted octanol–water partition coefficient (Wildman–Crippen LogP) is 2.66. The third kappa shape index (κ3) is 4.23. The second-order valence-electron chi connectivity index (χ2n) is 6.26. The van der Waals surface area contributed by atoms with Crippen molar-refractivity contribution in [2.75, 3.05) is 13.1 Å². The smallest absolute Gasteiger partial charge is 0.407 e. The number of hydrogen-bond donors (Lipinski definition) is 2. The Bertz CT molecular complexity index is 440. The molecule has 1 amide bonds. The number of nitrogens with one attached hydrogen (secondary N) is 2. The normalized spacial score (nSPS) is 23.1. The van der Waals surface area contributed by atoms with Crippen molar-refractivity contribution in [3.63, 3.8) is 0 Å². The molecule has 0 unspecified atom stereocenters. The van der Waals surface area contributed by atoms with Crippen molar-refractivity contribution in [2.24, 2.45) is 0 Å². The van der Waals surface area contributed by atoms with Gasteiger partial charge in [-0.2, -0.15) is 0 Å². The Hall–Kier alpha value is -1.55. The fraction of sp³-hybridized carbons (Fsp3) is 0.562. The maximum absolute atomic E-state index is 11.9. The first-order valence-electron chi connectivity index (χ1n) is 7.21. The minimum absolute atomic E-state index is 0.0704. The van der Waals surface area contributed by atoms with Gasteiger partial charge in [0.1, 0.15) is 5.60 Å². The van der Waals surface area contributed by atoms with Crippen LogP contribution in [-0.4, -0.2) is 30.8 Å². The molecule has 1 saturated heterocycles. The Morgan fingerprint density at radius 3 is 2.65 bits per heavy atom. The summed E-state index contributed by atoms with van der Waals surface area (Å²) in [6, 6.07) is 10.4. The van der Waals surface area contributed by atoms with Gasteiger partial charge in [0, 0.05) is 12.5 Å². The quantitative estimate of drug-likeness (QED) is 0.873. The maximum atomic E-state index is 11.9. The molecule has 4 heteroatoms. The molecule has 1 heterocycles. The van der Waals surface area contributed by atoms with Crippen molar-refractivity contribution in [3.05, 3.63) is 35.9 Å². The van der Waals surface area contributed by atoms with Crippen molar-refractivity contribution in [2.45, 2.75) is 44.8 Å². The number of carbonyl (C=O) groups is 1. The lowest BCUT2D eigenvalue weighted by Crippen LogP contribution is -2.51. The van der Waals surface area contributed by atoms with Crippen LogP contribution in [-0.2, 0) is 4.74 Å². The molecule has 4 nitrogen and oxygen atoms in total. The van der Waals surface area contributed by atoms with Crippen LogP contribution in [0.2, 0.25) is 0 Å². The summed E-state index contributed by atoms with van der Waals surface area (Å²) in [4.78, 5) is 11.9. The standard InChI is InChI=1S/C16H24N2O2/c1-16(2,3)20-15(19)18-14-11-17-10-9-13(14)12-7-5-4-6-8-12/h4-8,13-14,17H,9-11H2,1-3H3,(H,18,19)/t13-,14+/m0/s1. The molecular weight excluding hydrogens is 252 g/mol. The lowest BCUT2D eigenvalue weighted by atomic mass is 9.86. The second-order valence-corrected chi connectivity index (χ2v) is 6.26. The number of rotatable bonds is 2. The zero-order chi connectivity index (χ0) is 14.6. The Kier molecular flexibility index (Phi) is 4.65. The Labute approximate surface area is 120 Å². The van der Waals surface area contributed by atoms with Gasteiger partial charge < -0.3 is 15.4 Å². The van der Waals surface area contributed by atoms with E-state index < -0.39 is 5.60 Å². The van der Waals surface area contributed by atoms with Gasteiger partial charge >= 0.3 is 6.09 Å².